The molecule has 1 nitrogen and oxygen atoms in total. The first-order valence-corrected chi connectivity index (χ1v) is 7.44. The second-order valence-corrected chi connectivity index (χ2v) is 5.69. The highest BCUT2D eigenvalue weighted by atomic mass is 16.1. The van der Waals surface area contributed by atoms with Crippen molar-refractivity contribution in [1.29, 1.82) is 0 Å². The molecule has 102 valence electrons. The Hall–Kier alpha value is -1.89. The van der Waals surface area contributed by atoms with Gasteiger partial charge in [0.25, 0.3) is 0 Å². The molecule has 20 heavy (non-hydrogen) atoms. The number of Topliss-reactive ketones (excluding diaryl/α,β-unsaturated/α-hetero) is 1. The predicted molar refractivity (Wildman–Crippen MR) is 83.0 cm³/mol. The standard InChI is InChI=1S/C19H20O/c1-3-6-19(20)13(2)14-9-10-18-16(11-14)12-15-7-4-5-8-17(15)18/h4-5,7-11,13H,3,6,12H2,1-2H3. The van der Waals surface area contributed by atoms with Crippen molar-refractivity contribution in [3.63, 3.8) is 0 Å². The van der Waals surface area contributed by atoms with Gasteiger partial charge in [-0.15, -0.1) is 0 Å². The van der Waals surface area contributed by atoms with Gasteiger partial charge in [0, 0.05) is 12.3 Å². The van der Waals surface area contributed by atoms with E-state index in [1.165, 1.54) is 22.3 Å². The monoisotopic (exact) mass is 264 g/mol. The van der Waals surface area contributed by atoms with Gasteiger partial charge in [0.1, 0.15) is 5.78 Å². The van der Waals surface area contributed by atoms with Crippen molar-refractivity contribution in [3.05, 3.63) is 59.2 Å². The lowest BCUT2D eigenvalue weighted by atomic mass is 9.91. The minimum absolute atomic E-state index is 0.0176. The van der Waals surface area contributed by atoms with Gasteiger partial charge in [0.2, 0.25) is 0 Å². The Balaban J connectivity index is 1.93. The van der Waals surface area contributed by atoms with Gasteiger partial charge >= 0.3 is 0 Å². The van der Waals surface area contributed by atoms with Crippen LogP contribution in [0, 0.1) is 0 Å². The third-order valence-corrected chi connectivity index (χ3v) is 4.30. The Morgan fingerprint density at radius 2 is 1.85 bits per heavy atom. The molecule has 0 aromatic heterocycles. The van der Waals surface area contributed by atoms with Crippen LogP contribution < -0.4 is 0 Å². The number of hydrogen-bond donors (Lipinski definition) is 0. The van der Waals surface area contributed by atoms with Crippen LogP contribution in [0.1, 0.15) is 49.3 Å². The molecule has 0 saturated carbocycles. The number of rotatable bonds is 4. The van der Waals surface area contributed by atoms with E-state index < -0.39 is 0 Å². The van der Waals surface area contributed by atoms with Crippen molar-refractivity contribution in [3.8, 4) is 11.1 Å². The molecule has 3 rings (SSSR count). The molecular weight excluding hydrogens is 244 g/mol. The molecule has 0 saturated heterocycles. The summed E-state index contributed by atoms with van der Waals surface area (Å²) in [6.07, 6.45) is 2.60. The number of benzene rings is 2. The maximum Gasteiger partial charge on any atom is 0.140 e. The highest BCUT2D eigenvalue weighted by molar-refractivity contribution is 5.86. The zero-order valence-electron chi connectivity index (χ0n) is 12.1. The summed E-state index contributed by atoms with van der Waals surface area (Å²) < 4.78 is 0. The lowest BCUT2D eigenvalue weighted by molar-refractivity contribution is -0.120. The number of hydrogen-bond acceptors (Lipinski definition) is 1. The maximum atomic E-state index is 12.1. The van der Waals surface area contributed by atoms with E-state index in [9.17, 15) is 4.79 Å². The molecule has 0 fully saturated rings. The molecule has 1 aliphatic rings. The highest BCUT2D eigenvalue weighted by Crippen LogP contribution is 2.37. The van der Waals surface area contributed by atoms with Gasteiger partial charge in [0.15, 0.2) is 0 Å². The van der Waals surface area contributed by atoms with E-state index in [0.717, 1.165) is 18.4 Å². The highest BCUT2D eigenvalue weighted by Gasteiger charge is 2.20. The van der Waals surface area contributed by atoms with E-state index in [1.807, 2.05) is 6.92 Å². The van der Waals surface area contributed by atoms with Crippen molar-refractivity contribution < 1.29 is 4.79 Å². The molecule has 0 heterocycles. The Morgan fingerprint density at radius 3 is 2.65 bits per heavy atom. The zero-order valence-corrected chi connectivity index (χ0v) is 12.1. The van der Waals surface area contributed by atoms with Gasteiger partial charge in [-0.2, -0.15) is 0 Å². The summed E-state index contributed by atoms with van der Waals surface area (Å²) in [5, 5.41) is 0. The Morgan fingerprint density at radius 1 is 1.10 bits per heavy atom. The molecule has 2 aromatic rings. The third kappa shape index (κ3) is 2.18. The van der Waals surface area contributed by atoms with Crippen LogP contribution in [0.3, 0.4) is 0 Å². The van der Waals surface area contributed by atoms with Crippen molar-refractivity contribution in [2.75, 3.05) is 0 Å². The van der Waals surface area contributed by atoms with E-state index >= 15 is 0 Å². The third-order valence-electron chi connectivity index (χ3n) is 4.30. The van der Waals surface area contributed by atoms with Gasteiger partial charge in [-0.3, -0.25) is 4.79 Å². The number of carbonyl (C=O) groups excluding carboxylic acids is 1. The van der Waals surface area contributed by atoms with Crippen molar-refractivity contribution in [2.45, 2.75) is 39.0 Å². The van der Waals surface area contributed by atoms with Gasteiger partial charge in [0.05, 0.1) is 0 Å². The lowest BCUT2D eigenvalue weighted by Gasteiger charge is -2.12. The van der Waals surface area contributed by atoms with Crippen LogP contribution >= 0.6 is 0 Å². The van der Waals surface area contributed by atoms with Crippen LogP contribution in [0.15, 0.2) is 42.5 Å². The smallest absolute Gasteiger partial charge is 0.140 e. The molecule has 0 bridgehead atoms. The van der Waals surface area contributed by atoms with Crippen LogP contribution in [-0.2, 0) is 11.2 Å². The minimum Gasteiger partial charge on any atom is -0.299 e. The summed E-state index contributed by atoms with van der Waals surface area (Å²) in [5.41, 5.74) is 6.60. The maximum absolute atomic E-state index is 12.1. The van der Waals surface area contributed by atoms with E-state index in [1.54, 1.807) is 0 Å². The SMILES string of the molecule is CCCC(=O)C(C)c1ccc2c(c1)Cc1ccccc1-2. The first-order valence-electron chi connectivity index (χ1n) is 7.44. The Labute approximate surface area is 120 Å². The molecule has 0 aliphatic heterocycles. The molecule has 1 aliphatic carbocycles. The van der Waals surface area contributed by atoms with Gasteiger partial charge in [-0.1, -0.05) is 56.3 Å². The van der Waals surface area contributed by atoms with Gasteiger partial charge < -0.3 is 0 Å². The summed E-state index contributed by atoms with van der Waals surface area (Å²) in [6, 6.07) is 15.1. The summed E-state index contributed by atoms with van der Waals surface area (Å²) in [5.74, 6) is 0.368. The first kappa shape index (κ1) is 13.1. The molecule has 2 aromatic carbocycles. The number of ketones is 1. The molecule has 1 atom stereocenters. The number of carbonyl (C=O) groups is 1. The summed E-state index contributed by atoms with van der Waals surface area (Å²) in [7, 11) is 0. The Kier molecular flexibility index (Phi) is 3.43. The molecule has 0 spiro atoms. The van der Waals surface area contributed by atoms with E-state index in [-0.39, 0.29) is 5.92 Å². The van der Waals surface area contributed by atoms with Crippen LogP contribution in [-0.4, -0.2) is 5.78 Å². The van der Waals surface area contributed by atoms with Crippen LogP contribution in [0.25, 0.3) is 11.1 Å². The lowest BCUT2D eigenvalue weighted by Crippen LogP contribution is -2.08. The molecule has 1 heteroatoms. The average molecular weight is 264 g/mol. The second kappa shape index (κ2) is 5.24. The van der Waals surface area contributed by atoms with Crippen molar-refractivity contribution >= 4 is 5.78 Å². The fourth-order valence-corrected chi connectivity index (χ4v) is 3.08. The second-order valence-electron chi connectivity index (χ2n) is 5.69. The van der Waals surface area contributed by atoms with Crippen LogP contribution in [0.2, 0.25) is 0 Å². The van der Waals surface area contributed by atoms with E-state index in [2.05, 4.69) is 49.4 Å². The summed E-state index contributed by atoms with van der Waals surface area (Å²) in [4.78, 5) is 12.1. The van der Waals surface area contributed by atoms with Crippen molar-refractivity contribution in [2.24, 2.45) is 0 Å². The first-order chi connectivity index (χ1) is 9.70. The van der Waals surface area contributed by atoms with Gasteiger partial charge in [-0.25, -0.2) is 0 Å². The fourth-order valence-electron chi connectivity index (χ4n) is 3.08. The normalized spacial score (nSPS) is 13.7. The van der Waals surface area contributed by atoms with Crippen LogP contribution in [0.5, 0.6) is 0 Å². The Bertz CT molecular complexity index is 655. The predicted octanol–water partition coefficient (Wildman–Crippen LogP) is 4.73. The topological polar surface area (TPSA) is 17.1 Å². The number of fused-ring (bicyclic) bond motifs is 3. The fraction of sp³-hybridized carbons (Fsp3) is 0.316. The molecule has 0 radical (unpaired) electrons. The van der Waals surface area contributed by atoms with E-state index in [4.69, 9.17) is 0 Å². The minimum atomic E-state index is 0.0176. The van der Waals surface area contributed by atoms with E-state index in [0.29, 0.717) is 12.2 Å². The molecule has 0 N–H and O–H groups in total. The molecule has 1 unspecified atom stereocenters. The summed E-state index contributed by atoms with van der Waals surface area (Å²) in [6.45, 7) is 4.09. The van der Waals surface area contributed by atoms with Crippen molar-refractivity contribution in [1.82, 2.24) is 0 Å². The molecular formula is C19H20O. The summed E-state index contributed by atoms with van der Waals surface area (Å²) >= 11 is 0. The molecule has 0 amide bonds. The van der Waals surface area contributed by atoms with Crippen LogP contribution in [0.4, 0.5) is 0 Å². The average Bonchev–Trinajstić information content (AvgIpc) is 2.84. The zero-order chi connectivity index (χ0) is 14.1. The quantitative estimate of drug-likeness (QED) is 0.665. The van der Waals surface area contributed by atoms with Gasteiger partial charge in [-0.05, 0) is 40.7 Å². The largest absolute Gasteiger partial charge is 0.299 e.